The molecule has 2 aromatic rings. The van der Waals surface area contributed by atoms with Crippen LogP contribution in [0.1, 0.15) is 18.0 Å². The molecule has 2 rings (SSSR count). The Morgan fingerprint density at radius 2 is 2.00 bits per heavy atom. The lowest BCUT2D eigenvalue weighted by atomic mass is 10.1. The normalized spacial score (nSPS) is 12.6. The van der Waals surface area contributed by atoms with Gasteiger partial charge in [0.15, 0.2) is 5.82 Å². The maximum atomic E-state index is 14.1. The quantitative estimate of drug-likeness (QED) is 0.679. The first-order valence-corrected chi connectivity index (χ1v) is 9.68. The van der Waals surface area contributed by atoms with E-state index in [-0.39, 0.29) is 11.4 Å². The van der Waals surface area contributed by atoms with E-state index >= 15 is 0 Å². The first-order valence-electron chi connectivity index (χ1n) is 7.03. The Hall–Kier alpha value is -1.48. The van der Waals surface area contributed by atoms with Gasteiger partial charge in [-0.3, -0.25) is 4.79 Å². The van der Waals surface area contributed by atoms with Crippen molar-refractivity contribution in [3.63, 3.8) is 0 Å². The van der Waals surface area contributed by atoms with Gasteiger partial charge in [-0.15, -0.1) is 0 Å². The number of sulfonamides is 1. The van der Waals surface area contributed by atoms with Gasteiger partial charge in [-0.1, -0.05) is 45.7 Å². The molecule has 1 N–H and O–H groups in total. The van der Waals surface area contributed by atoms with Crippen LogP contribution in [0.5, 0.6) is 0 Å². The molecule has 134 valence electrons. The summed E-state index contributed by atoms with van der Waals surface area (Å²) in [5.74, 6) is -1.66. The SMILES string of the molecule is COC(=O)CC(NS(=O)(=O)c1cccc(Cl)c1F)c1cccc(Br)c1. The Morgan fingerprint density at radius 3 is 2.64 bits per heavy atom. The van der Waals surface area contributed by atoms with E-state index in [2.05, 4.69) is 25.4 Å². The van der Waals surface area contributed by atoms with E-state index in [0.717, 1.165) is 6.07 Å². The van der Waals surface area contributed by atoms with Crippen LogP contribution in [0.15, 0.2) is 51.8 Å². The van der Waals surface area contributed by atoms with Crippen LogP contribution in [0.3, 0.4) is 0 Å². The van der Waals surface area contributed by atoms with Gasteiger partial charge in [-0.25, -0.2) is 17.5 Å². The van der Waals surface area contributed by atoms with Gasteiger partial charge in [0.2, 0.25) is 10.0 Å². The Labute approximate surface area is 158 Å². The molecule has 0 radical (unpaired) electrons. The first-order chi connectivity index (χ1) is 11.7. The highest BCUT2D eigenvalue weighted by molar-refractivity contribution is 9.10. The summed E-state index contributed by atoms with van der Waals surface area (Å²) < 4.78 is 46.9. The van der Waals surface area contributed by atoms with Gasteiger partial charge in [0.1, 0.15) is 4.90 Å². The van der Waals surface area contributed by atoms with Gasteiger partial charge in [0.25, 0.3) is 0 Å². The molecule has 5 nitrogen and oxygen atoms in total. The van der Waals surface area contributed by atoms with Crippen molar-refractivity contribution >= 4 is 43.5 Å². The van der Waals surface area contributed by atoms with Crippen molar-refractivity contribution in [2.45, 2.75) is 17.4 Å². The van der Waals surface area contributed by atoms with Crippen LogP contribution in [0.4, 0.5) is 4.39 Å². The average Bonchev–Trinajstić information content (AvgIpc) is 2.56. The highest BCUT2D eigenvalue weighted by atomic mass is 79.9. The predicted octanol–water partition coefficient (Wildman–Crippen LogP) is 3.82. The van der Waals surface area contributed by atoms with Crippen LogP contribution in [-0.2, 0) is 19.6 Å². The van der Waals surface area contributed by atoms with Crippen molar-refractivity contribution in [2.75, 3.05) is 7.11 Å². The molecular weight excluding hydrogens is 437 g/mol. The smallest absolute Gasteiger partial charge is 0.307 e. The summed E-state index contributed by atoms with van der Waals surface area (Å²) in [6.07, 6.45) is -0.256. The molecular formula is C16H14BrClFNO4S. The van der Waals surface area contributed by atoms with Crippen LogP contribution in [0.25, 0.3) is 0 Å². The number of benzene rings is 2. The van der Waals surface area contributed by atoms with Crippen molar-refractivity contribution in [1.82, 2.24) is 4.72 Å². The van der Waals surface area contributed by atoms with E-state index < -0.39 is 32.7 Å². The third kappa shape index (κ3) is 5.01. The number of halogens is 3. The summed E-state index contributed by atoms with van der Waals surface area (Å²) in [6, 6.07) is 9.49. The number of hydrogen-bond donors (Lipinski definition) is 1. The zero-order valence-electron chi connectivity index (χ0n) is 13.0. The number of carbonyl (C=O) groups is 1. The fraction of sp³-hybridized carbons (Fsp3) is 0.188. The minimum atomic E-state index is -4.26. The van der Waals surface area contributed by atoms with Crippen LogP contribution < -0.4 is 4.72 Å². The van der Waals surface area contributed by atoms with Crippen molar-refractivity contribution in [1.29, 1.82) is 0 Å². The molecule has 0 bridgehead atoms. The second kappa shape index (κ2) is 8.27. The van der Waals surface area contributed by atoms with Crippen molar-refractivity contribution in [3.05, 3.63) is 63.3 Å². The van der Waals surface area contributed by atoms with Gasteiger partial charge < -0.3 is 4.74 Å². The molecule has 2 aromatic carbocycles. The zero-order chi connectivity index (χ0) is 18.6. The van der Waals surface area contributed by atoms with Crippen molar-refractivity contribution in [3.8, 4) is 0 Å². The second-order valence-corrected chi connectivity index (χ2v) is 8.07. The summed E-state index contributed by atoms with van der Waals surface area (Å²) in [6.45, 7) is 0. The molecule has 0 spiro atoms. The standard InChI is InChI=1S/C16H14BrClFNO4S/c1-24-15(21)9-13(10-4-2-5-11(17)8-10)20-25(22,23)14-7-3-6-12(18)16(14)19/h2-8,13,20H,9H2,1H3. The second-order valence-electron chi connectivity index (χ2n) is 5.06. The molecule has 0 aliphatic heterocycles. The largest absolute Gasteiger partial charge is 0.469 e. The maximum absolute atomic E-state index is 14.1. The van der Waals surface area contributed by atoms with Gasteiger partial charge in [0, 0.05) is 4.47 Å². The first kappa shape index (κ1) is 19.8. The van der Waals surface area contributed by atoms with Gasteiger partial charge >= 0.3 is 5.97 Å². The Kier molecular flexibility index (Phi) is 6.56. The third-order valence-electron chi connectivity index (χ3n) is 3.35. The van der Waals surface area contributed by atoms with Crippen LogP contribution in [0.2, 0.25) is 5.02 Å². The van der Waals surface area contributed by atoms with Gasteiger partial charge in [0.05, 0.1) is 24.6 Å². The van der Waals surface area contributed by atoms with E-state index in [9.17, 15) is 17.6 Å². The molecule has 0 saturated carbocycles. The minimum absolute atomic E-state index is 0.256. The summed E-state index contributed by atoms with van der Waals surface area (Å²) in [4.78, 5) is 11.1. The monoisotopic (exact) mass is 449 g/mol. The van der Waals surface area contributed by atoms with E-state index in [1.54, 1.807) is 24.3 Å². The fourth-order valence-electron chi connectivity index (χ4n) is 2.14. The molecule has 1 unspecified atom stereocenters. The molecule has 0 saturated heterocycles. The Morgan fingerprint density at radius 1 is 1.32 bits per heavy atom. The third-order valence-corrected chi connectivity index (χ3v) is 5.63. The predicted molar refractivity (Wildman–Crippen MR) is 95.2 cm³/mol. The van der Waals surface area contributed by atoms with E-state index in [0.29, 0.717) is 10.0 Å². The molecule has 0 heterocycles. The van der Waals surface area contributed by atoms with Crippen LogP contribution in [-0.4, -0.2) is 21.5 Å². The molecule has 1 atom stereocenters. The molecule has 0 aliphatic rings. The summed E-state index contributed by atoms with van der Waals surface area (Å²) in [7, 11) is -3.06. The van der Waals surface area contributed by atoms with Crippen molar-refractivity contribution in [2.24, 2.45) is 0 Å². The number of carbonyl (C=O) groups excluding carboxylic acids is 1. The van der Waals surface area contributed by atoms with E-state index in [4.69, 9.17) is 11.6 Å². The Balaban J connectivity index is 2.41. The molecule has 0 aliphatic carbocycles. The highest BCUT2D eigenvalue weighted by Crippen LogP contribution is 2.26. The van der Waals surface area contributed by atoms with Gasteiger partial charge in [-0.2, -0.15) is 0 Å². The van der Waals surface area contributed by atoms with E-state index in [1.807, 2.05) is 0 Å². The highest BCUT2D eigenvalue weighted by Gasteiger charge is 2.27. The van der Waals surface area contributed by atoms with E-state index in [1.165, 1.54) is 19.2 Å². The summed E-state index contributed by atoms with van der Waals surface area (Å²) >= 11 is 8.94. The lowest BCUT2D eigenvalue weighted by molar-refractivity contribution is -0.141. The fourth-order valence-corrected chi connectivity index (χ4v) is 4.12. The molecule has 9 heteroatoms. The summed E-state index contributed by atoms with van der Waals surface area (Å²) in [5.41, 5.74) is 0.519. The number of esters is 1. The molecule has 0 aromatic heterocycles. The number of hydrogen-bond acceptors (Lipinski definition) is 4. The topological polar surface area (TPSA) is 72.5 Å². The van der Waals surface area contributed by atoms with Crippen molar-refractivity contribution < 1.29 is 22.3 Å². The van der Waals surface area contributed by atoms with Crippen LogP contribution in [0, 0.1) is 5.82 Å². The average molecular weight is 451 g/mol. The minimum Gasteiger partial charge on any atom is -0.469 e. The number of ether oxygens (including phenoxy) is 1. The number of methoxy groups -OCH3 is 1. The number of rotatable bonds is 6. The zero-order valence-corrected chi connectivity index (χ0v) is 16.2. The lowest BCUT2D eigenvalue weighted by Gasteiger charge is -2.19. The van der Waals surface area contributed by atoms with Gasteiger partial charge in [-0.05, 0) is 29.8 Å². The molecule has 0 fully saturated rings. The molecule has 0 amide bonds. The molecule has 25 heavy (non-hydrogen) atoms. The maximum Gasteiger partial charge on any atom is 0.307 e. The van der Waals surface area contributed by atoms with Crippen LogP contribution >= 0.6 is 27.5 Å². The Bertz CT molecular complexity index is 891. The summed E-state index contributed by atoms with van der Waals surface area (Å²) in [5, 5.41) is -0.310. The lowest BCUT2D eigenvalue weighted by Crippen LogP contribution is -2.31. The number of nitrogens with one attached hydrogen (secondary N) is 1.